The van der Waals surface area contributed by atoms with Gasteiger partial charge in [-0.2, -0.15) is 0 Å². The molecule has 1 saturated heterocycles. The molecule has 17 heavy (non-hydrogen) atoms. The molecule has 1 heterocycles. The van der Waals surface area contributed by atoms with Crippen LogP contribution in [0.3, 0.4) is 0 Å². The molecule has 0 aromatic heterocycles. The van der Waals surface area contributed by atoms with E-state index in [1.54, 1.807) is 7.11 Å². The first-order valence-electron chi connectivity index (χ1n) is 5.81. The molecule has 4 heteroatoms. The largest absolute Gasteiger partial charge is 0.496 e. The van der Waals surface area contributed by atoms with Crippen LogP contribution in [0.15, 0.2) is 22.7 Å². The van der Waals surface area contributed by atoms with E-state index in [4.69, 9.17) is 4.74 Å². The fourth-order valence-corrected chi connectivity index (χ4v) is 2.65. The molecule has 1 aromatic carbocycles. The van der Waals surface area contributed by atoms with Gasteiger partial charge in [0, 0.05) is 18.0 Å². The Morgan fingerprint density at radius 1 is 1.59 bits per heavy atom. The minimum atomic E-state index is 0.188. The topological polar surface area (TPSA) is 38.3 Å². The van der Waals surface area contributed by atoms with Gasteiger partial charge in [-0.15, -0.1) is 0 Å². The van der Waals surface area contributed by atoms with Crippen LogP contribution in [0.4, 0.5) is 0 Å². The van der Waals surface area contributed by atoms with Crippen LogP contribution in [0.2, 0.25) is 0 Å². The summed E-state index contributed by atoms with van der Waals surface area (Å²) in [5.74, 6) is 0.938. The second kappa shape index (κ2) is 5.65. The van der Waals surface area contributed by atoms with Crippen molar-refractivity contribution < 1.29 is 9.53 Å². The van der Waals surface area contributed by atoms with E-state index >= 15 is 0 Å². The first-order valence-corrected chi connectivity index (χ1v) is 6.60. The molecule has 0 spiro atoms. The summed E-state index contributed by atoms with van der Waals surface area (Å²) in [6.07, 6.45) is 2.85. The molecule has 3 nitrogen and oxygen atoms in total. The van der Waals surface area contributed by atoms with Crippen molar-refractivity contribution in [3.8, 4) is 5.75 Å². The summed E-state index contributed by atoms with van der Waals surface area (Å²) in [5, 5.41) is 3.34. The molecule has 2 rings (SSSR count). The molecule has 1 unspecified atom stereocenters. The number of ketones is 1. The summed E-state index contributed by atoms with van der Waals surface area (Å²) in [7, 11) is 1.62. The SMILES string of the molecule is COc1ccc(C(=O)CC2CCCN2)cc1Br. The molecule has 1 N–H and O–H groups in total. The minimum absolute atomic E-state index is 0.188. The maximum absolute atomic E-state index is 12.1. The van der Waals surface area contributed by atoms with Crippen molar-refractivity contribution in [1.29, 1.82) is 0 Å². The number of ether oxygens (including phenoxy) is 1. The molecule has 0 radical (unpaired) electrons. The molecular formula is C13H16BrNO2. The van der Waals surface area contributed by atoms with Crippen molar-refractivity contribution in [1.82, 2.24) is 5.32 Å². The highest BCUT2D eigenvalue weighted by Crippen LogP contribution is 2.26. The Hall–Kier alpha value is -0.870. The van der Waals surface area contributed by atoms with E-state index in [1.807, 2.05) is 18.2 Å². The van der Waals surface area contributed by atoms with Gasteiger partial charge in [0.15, 0.2) is 5.78 Å². The standard InChI is InChI=1S/C13H16BrNO2/c1-17-13-5-4-9(7-11(13)14)12(16)8-10-3-2-6-15-10/h4-5,7,10,15H,2-3,6,8H2,1H3. The van der Waals surface area contributed by atoms with Crippen LogP contribution in [0.5, 0.6) is 5.75 Å². The van der Waals surface area contributed by atoms with E-state index in [0.717, 1.165) is 28.8 Å². The summed E-state index contributed by atoms with van der Waals surface area (Å²) in [4.78, 5) is 12.1. The van der Waals surface area contributed by atoms with Gasteiger partial charge in [-0.3, -0.25) is 4.79 Å². The molecule has 92 valence electrons. The number of Topliss-reactive ketones (excluding diaryl/α,β-unsaturated/α-hetero) is 1. The molecule has 0 amide bonds. The van der Waals surface area contributed by atoms with E-state index in [2.05, 4.69) is 21.2 Å². The van der Waals surface area contributed by atoms with Crippen molar-refractivity contribution in [3.05, 3.63) is 28.2 Å². The van der Waals surface area contributed by atoms with E-state index < -0.39 is 0 Å². The van der Waals surface area contributed by atoms with Gasteiger partial charge in [0.1, 0.15) is 5.75 Å². The highest BCUT2D eigenvalue weighted by atomic mass is 79.9. The van der Waals surface area contributed by atoms with Crippen LogP contribution >= 0.6 is 15.9 Å². The van der Waals surface area contributed by atoms with Crippen molar-refractivity contribution in [2.45, 2.75) is 25.3 Å². The van der Waals surface area contributed by atoms with Gasteiger partial charge in [-0.1, -0.05) is 0 Å². The van der Waals surface area contributed by atoms with Gasteiger partial charge < -0.3 is 10.1 Å². The summed E-state index contributed by atoms with van der Waals surface area (Å²) < 4.78 is 5.97. The normalized spacial score (nSPS) is 19.3. The Labute approximate surface area is 110 Å². The van der Waals surface area contributed by atoms with Gasteiger partial charge >= 0.3 is 0 Å². The number of carbonyl (C=O) groups excluding carboxylic acids is 1. The lowest BCUT2D eigenvalue weighted by Crippen LogP contribution is -2.24. The van der Waals surface area contributed by atoms with Crippen molar-refractivity contribution >= 4 is 21.7 Å². The van der Waals surface area contributed by atoms with Crippen LogP contribution in [0, 0.1) is 0 Å². The summed E-state index contributed by atoms with van der Waals surface area (Å²) >= 11 is 3.40. The summed E-state index contributed by atoms with van der Waals surface area (Å²) in [5.41, 5.74) is 0.742. The second-order valence-electron chi connectivity index (χ2n) is 4.27. The molecule has 0 bridgehead atoms. The number of carbonyl (C=O) groups is 1. The van der Waals surface area contributed by atoms with Gasteiger partial charge in [-0.05, 0) is 53.5 Å². The van der Waals surface area contributed by atoms with Gasteiger partial charge in [0.2, 0.25) is 0 Å². The average Bonchev–Trinajstić information content (AvgIpc) is 2.81. The van der Waals surface area contributed by atoms with Crippen LogP contribution in [0.1, 0.15) is 29.6 Å². The third kappa shape index (κ3) is 3.07. The number of rotatable bonds is 4. The maximum Gasteiger partial charge on any atom is 0.164 e. The van der Waals surface area contributed by atoms with E-state index in [9.17, 15) is 4.79 Å². The molecule has 1 aromatic rings. The first kappa shape index (κ1) is 12.6. The van der Waals surface area contributed by atoms with E-state index in [0.29, 0.717) is 12.5 Å². The zero-order valence-corrected chi connectivity index (χ0v) is 11.4. The Morgan fingerprint density at radius 2 is 2.41 bits per heavy atom. The Bertz CT molecular complexity index is 414. The third-order valence-corrected chi connectivity index (χ3v) is 3.69. The lowest BCUT2D eigenvalue weighted by atomic mass is 10.0. The average molecular weight is 298 g/mol. The molecule has 0 aliphatic carbocycles. The van der Waals surface area contributed by atoms with Crippen molar-refractivity contribution in [2.24, 2.45) is 0 Å². The number of benzene rings is 1. The number of hydrogen-bond donors (Lipinski definition) is 1. The van der Waals surface area contributed by atoms with E-state index in [1.165, 1.54) is 6.42 Å². The fourth-order valence-electron chi connectivity index (χ4n) is 2.11. The highest BCUT2D eigenvalue weighted by Gasteiger charge is 2.19. The second-order valence-corrected chi connectivity index (χ2v) is 5.12. The molecule has 1 atom stereocenters. The summed E-state index contributed by atoms with van der Waals surface area (Å²) in [6, 6.07) is 5.82. The molecule has 1 aliphatic heterocycles. The van der Waals surface area contributed by atoms with Gasteiger partial charge in [-0.25, -0.2) is 0 Å². The van der Waals surface area contributed by atoms with Gasteiger partial charge in [0.25, 0.3) is 0 Å². The highest BCUT2D eigenvalue weighted by molar-refractivity contribution is 9.10. The molecule has 1 aliphatic rings. The Morgan fingerprint density at radius 3 is 3.00 bits per heavy atom. The molecule has 1 fully saturated rings. The van der Waals surface area contributed by atoms with Crippen LogP contribution in [-0.2, 0) is 0 Å². The number of methoxy groups -OCH3 is 1. The van der Waals surface area contributed by atoms with Crippen LogP contribution in [-0.4, -0.2) is 25.5 Å². The number of halogens is 1. The maximum atomic E-state index is 12.1. The molecular weight excluding hydrogens is 282 g/mol. The van der Waals surface area contributed by atoms with E-state index in [-0.39, 0.29) is 5.78 Å². The monoisotopic (exact) mass is 297 g/mol. The predicted octanol–water partition coefficient (Wildman–Crippen LogP) is 2.78. The third-order valence-electron chi connectivity index (χ3n) is 3.07. The zero-order valence-electron chi connectivity index (χ0n) is 9.83. The minimum Gasteiger partial charge on any atom is -0.496 e. The van der Waals surface area contributed by atoms with Crippen molar-refractivity contribution in [3.63, 3.8) is 0 Å². The Balaban J connectivity index is 2.05. The first-order chi connectivity index (χ1) is 8.20. The zero-order chi connectivity index (χ0) is 12.3. The van der Waals surface area contributed by atoms with Crippen LogP contribution < -0.4 is 10.1 Å². The van der Waals surface area contributed by atoms with Gasteiger partial charge in [0.05, 0.1) is 11.6 Å². The smallest absolute Gasteiger partial charge is 0.164 e. The number of hydrogen-bond acceptors (Lipinski definition) is 3. The lowest BCUT2D eigenvalue weighted by Gasteiger charge is -2.10. The number of nitrogens with one attached hydrogen (secondary N) is 1. The van der Waals surface area contributed by atoms with Crippen LogP contribution in [0.25, 0.3) is 0 Å². The van der Waals surface area contributed by atoms with Crippen molar-refractivity contribution in [2.75, 3.05) is 13.7 Å². The lowest BCUT2D eigenvalue weighted by molar-refractivity contribution is 0.0971. The fraction of sp³-hybridized carbons (Fsp3) is 0.462. The Kier molecular flexibility index (Phi) is 4.18. The predicted molar refractivity (Wildman–Crippen MR) is 70.7 cm³/mol. The quantitative estimate of drug-likeness (QED) is 0.869. The molecule has 0 saturated carbocycles. The summed E-state index contributed by atoms with van der Waals surface area (Å²) in [6.45, 7) is 1.03.